The van der Waals surface area contributed by atoms with Gasteiger partial charge in [0.05, 0.1) is 16.1 Å². The lowest BCUT2D eigenvalue weighted by atomic mass is 10.1. The Morgan fingerprint density at radius 1 is 0.967 bits per heavy atom. The summed E-state index contributed by atoms with van der Waals surface area (Å²) in [5.74, 6) is -2.07. The van der Waals surface area contributed by atoms with Gasteiger partial charge in [0, 0.05) is 0 Å². The number of esters is 1. The number of carbonyl (C=O) groups is 2. The predicted molar refractivity (Wildman–Crippen MR) is 102 cm³/mol. The smallest absolute Gasteiger partial charge is 0.418 e. The lowest BCUT2D eigenvalue weighted by Crippen LogP contribution is -2.42. The first-order valence-corrected chi connectivity index (χ1v) is 10.1. The molecule has 30 heavy (non-hydrogen) atoms. The van der Waals surface area contributed by atoms with E-state index < -0.39 is 51.5 Å². The molecule has 162 valence electrons. The topological polar surface area (TPSA) is 102 Å². The van der Waals surface area contributed by atoms with Crippen molar-refractivity contribution < 1.29 is 35.9 Å². The highest BCUT2D eigenvalue weighted by atomic mass is 32.2. The number of carbonyl (C=O) groups excluding carboxylic acids is 2. The summed E-state index contributed by atoms with van der Waals surface area (Å²) in [7, 11) is -4.01. The van der Waals surface area contributed by atoms with Gasteiger partial charge >= 0.3 is 12.1 Å². The fraction of sp³-hybridized carbons (Fsp3) is 0.263. The molecule has 2 unspecified atom stereocenters. The molecule has 0 saturated carbocycles. The van der Waals surface area contributed by atoms with Gasteiger partial charge in [-0.15, -0.1) is 0 Å². The van der Waals surface area contributed by atoms with Crippen LogP contribution in [0.4, 0.5) is 18.9 Å². The molecule has 0 bridgehead atoms. The molecule has 7 nitrogen and oxygen atoms in total. The molecule has 2 aromatic rings. The van der Waals surface area contributed by atoms with Crippen molar-refractivity contribution in [3.8, 4) is 0 Å². The van der Waals surface area contributed by atoms with E-state index in [0.29, 0.717) is 0 Å². The Balaban J connectivity index is 2.01. The van der Waals surface area contributed by atoms with E-state index >= 15 is 0 Å². The van der Waals surface area contributed by atoms with Crippen LogP contribution in [-0.2, 0) is 30.5 Å². The number of alkyl halides is 3. The Morgan fingerprint density at radius 3 is 2.13 bits per heavy atom. The van der Waals surface area contributed by atoms with E-state index in [1.54, 1.807) is 6.07 Å². The summed E-state index contributed by atoms with van der Waals surface area (Å²) in [6, 6.07) is 10.3. The molecular weight excluding hydrogens is 425 g/mol. The second-order valence-electron chi connectivity index (χ2n) is 6.27. The highest BCUT2D eigenvalue weighted by Crippen LogP contribution is 2.34. The summed E-state index contributed by atoms with van der Waals surface area (Å²) in [6.45, 7) is 2.37. The number of hydrogen-bond donors (Lipinski definition) is 2. The van der Waals surface area contributed by atoms with Crippen LogP contribution in [0, 0.1) is 0 Å². The van der Waals surface area contributed by atoms with Crippen molar-refractivity contribution in [3.05, 3.63) is 60.2 Å². The maximum atomic E-state index is 13.0. The molecule has 0 heterocycles. The van der Waals surface area contributed by atoms with E-state index in [1.807, 2.05) is 0 Å². The quantitative estimate of drug-likeness (QED) is 0.640. The van der Waals surface area contributed by atoms with Gasteiger partial charge in [0.15, 0.2) is 6.10 Å². The Hall–Kier alpha value is -2.92. The van der Waals surface area contributed by atoms with Crippen molar-refractivity contribution in [1.82, 2.24) is 4.72 Å². The number of amides is 1. The third kappa shape index (κ3) is 6.04. The van der Waals surface area contributed by atoms with E-state index in [1.165, 1.54) is 43.3 Å². The van der Waals surface area contributed by atoms with Crippen molar-refractivity contribution in [1.29, 1.82) is 0 Å². The van der Waals surface area contributed by atoms with E-state index in [-0.39, 0.29) is 4.90 Å². The second-order valence-corrected chi connectivity index (χ2v) is 7.98. The van der Waals surface area contributed by atoms with Crippen molar-refractivity contribution in [2.45, 2.75) is 37.1 Å². The summed E-state index contributed by atoms with van der Waals surface area (Å²) in [4.78, 5) is 24.2. The van der Waals surface area contributed by atoms with Crippen LogP contribution >= 0.6 is 0 Å². The molecule has 11 heteroatoms. The van der Waals surface area contributed by atoms with Gasteiger partial charge in [0.2, 0.25) is 10.0 Å². The van der Waals surface area contributed by atoms with E-state index in [9.17, 15) is 31.2 Å². The van der Waals surface area contributed by atoms with E-state index in [0.717, 1.165) is 19.1 Å². The summed E-state index contributed by atoms with van der Waals surface area (Å²) in [5.41, 5.74) is -1.54. The summed E-state index contributed by atoms with van der Waals surface area (Å²) >= 11 is 0. The minimum atomic E-state index is -4.69. The van der Waals surface area contributed by atoms with Gasteiger partial charge in [-0.3, -0.25) is 9.59 Å². The first-order chi connectivity index (χ1) is 13.9. The molecule has 0 radical (unpaired) electrons. The Kier molecular flexibility index (Phi) is 7.21. The first kappa shape index (κ1) is 23.4. The van der Waals surface area contributed by atoms with Gasteiger partial charge in [-0.25, -0.2) is 8.42 Å². The van der Waals surface area contributed by atoms with E-state index in [2.05, 4.69) is 10.0 Å². The Bertz CT molecular complexity index is 1010. The van der Waals surface area contributed by atoms with Crippen LogP contribution in [0.15, 0.2) is 59.5 Å². The third-order valence-electron chi connectivity index (χ3n) is 3.89. The maximum absolute atomic E-state index is 13.0. The van der Waals surface area contributed by atoms with Crippen LogP contribution in [0.3, 0.4) is 0 Å². The highest BCUT2D eigenvalue weighted by molar-refractivity contribution is 7.89. The number of hydrogen-bond acceptors (Lipinski definition) is 5. The highest BCUT2D eigenvalue weighted by Gasteiger charge is 2.34. The molecule has 0 aliphatic heterocycles. The summed E-state index contributed by atoms with van der Waals surface area (Å²) in [6.07, 6.45) is -6.16. The zero-order chi connectivity index (χ0) is 22.5. The molecular formula is C19H19F3N2O5S. The van der Waals surface area contributed by atoms with Crippen molar-refractivity contribution in [2.75, 3.05) is 5.32 Å². The zero-order valence-electron chi connectivity index (χ0n) is 15.9. The van der Waals surface area contributed by atoms with Gasteiger partial charge in [-0.1, -0.05) is 30.3 Å². The monoisotopic (exact) mass is 444 g/mol. The average Bonchev–Trinajstić information content (AvgIpc) is 2.67. The molecule has 0 aliphatic carbocycles. The molecule has 2 aromatic carbocycles. The maximum Gasteiger partial charge on any atom is 0.418 e. The largest absolute Gasteiger partial charge is 0.451 e. The Morgan fingerprint density at radius 2 is 1.53 bits per heavy atom. The number of halogens is 3. The molecule has 2 N–H and O–H groups in total. The molecule has 0 spiro atoms. The number of nitrogens with one attached hydrogen (secondary N) is 2. The second kappa shape index (κ2) is 9.26. The lowest BCUT2D eigenvalue weighted by molar-refractivity contribution is -0.154. The molecule has 1 amide bonds. The van der Waals surface area contributed by atoms with Gasteiger partial charge in [0.25, 0.3) is 5.91 Å². The molecule has 2 rings (SSSR count). The van der Waals surface area contributed by atoms with E-state index in [4.69, 9.17) is 4.74 Å². The van der Waals surface area contributed by atoms with Crippen LogP contribution in [0.2, 0.25) is 0 Å². The van der Waals surface area contributed by atoms with Crippen LogP contribution in [0.1, 0.15) is 19.4 Å². The molecule has 0 aromatic heterocycles. The van der Waals surface area contributed by atoms with Gasteiger partial charge in [-0.2, -0.15) is 17.9 Å². The normalized spacial score (nSPS) is 13.9. The van der Waals surface area contributed by atoms with Crippen LogP contribution in [-0.4, -0.2) is 32.4 Å². The van der Waals surface area contributed by atoms with Crippen molar-refractivity contribution in [2.24, 2.45) is 0 Å². The van der Waals surface area contributed by atoms with Gasteiger partial charge in [0.1, 0.15) is 6.04 Å². The van der Waals surface area contributed by atoms with Crippen molar-refractivity contribution in [3.63, 3.8) is 0 Å². The Labute approximate surface area is 171 Å². The van der Waals surface area contributed by atoms with Gasteiger partial charge in [-0.05, 0) is 38.1 Å². The minimum Gasteiger partial charge on any atom is -0.451 e. The average molecular weight is 444 g/mol. The summed E-state index contributed by atoms with van der Waals surface area (Å²) < 4.78 is 70.5. The summed E-state index contributed by atoms with van der Waals surface area (Å²) in [5, 5.41) is 2.06. The molecule has 2 atom stereocenters. The zero-order valence-corrected chi connectivity index (χ0v) is 16.8. The number of benzene rings is 2. The molecule has 0 aliphatic rings. The standard InChI is InChI=1S/C19H19F3N2O5S/c1-12(24-30(27,28)14-8-4-3-5-9-14)18(26)29-13(2)17(25)23-16-11-7-6-10-15(16)19(20,21)22/h3-13,24H,1-2H3,(H,23,25). The number of ether oxygens (including phenoxy) is 1. The number of para-hydroxylation sites is 1. The number of anilines is 1. The van der Waals surface area contributed by atoms with Gasteiger partial charge < -0.3 is 10.1 Å². The van der Waals surface area contributed by atoms with Crippen LogP contribution in [0.5, 0.6) is 0 Å². The predicted octanol–water partition coefficient (Wildman–Crippen LogP) is 2.94. The van der Waals surface area contributed by atoms with Crippen LogP contribution < -0.4 is 10.0 Å². The van der Waals surface area contributed by atoms with Crippen molar-refractivity contribution >= 4 is 27.6 Å². The number of sulfonamides is 1. The fourth-order valence-corrected chi connectivity index (χ4v) is 3.57. The first-order valence-electron chi connectivity index (χ1n) is 8.67. The third-order valence-corrected chi connectivity index (χ3v) is 5.45. The molecule has 0 saturated heterocycles. The minimum absolute atomic E-state index is 0.0702. The fourth-order valence-electron chi connectivity index (χ4n) is 2.35. The number of rotatable bonds is 7. The SMILES string of the molecule is CC(NS(=O)(=O)c1ccccc1)C(=O)OC(C)C(=O)Nc1ccccc1C(F)(F)F. The lowest BCUT2D eigenvalue weighted by Gasteiger charge is -2.19. The van der Waals surface area contributed by atoms with Crippen LogP contribution in [0.25, 0.3) is 0 Å². The molecule has 0 fully saturated rings.